The van der Waals surface area contributed by atoms with Gasteiger partial charge in [0.05, 0.1) is 23.7 Å². The minimum Gasteiger partial charge on any atom is -0.445 e. The van der Waals surface area contributed by atoms with Crippen molar-refractivity contribution < 1.29 is 36.6 Å². The normalized spacial score (nSPS) is 16.3. The summed E-state index contributed by atoms with van der Waals surface area (Å²) in [5.74, 6) is -3.37. The van der Waals surface area contributed by atoms with Crippen molar-refractivity contribution in [2.24, 2.45) is 0 Å². The third-order valence-electron chi connectivity index (χ3n) is 7.38. The summed E-state index contributed by atoms with van der Waals surface area (Å²) < 4.78 is 58.9. The molecule has 0 aliphatic carbocycles. The van der Waals surface area contributed by atoms with Crippen LogP contribution in [0.3, 0.4) is 0 Å². The number of aliphatic hydroxyl groups excluding tert-OH is 1. The number of carbonyl (C=O) groups is 2. The van der Waals surface area contributed by atoms with Gasteiger partial charge in [0.2, 0.25) is 5.91 Å². The summed E-state index contributed by atoms with van der Waals surface area (Å²) in [6.45, 7) is 5.39. The first-order chi connectivity index (χ1) is 21.0. The minimum atomic E-state index is -3.76. The zero-order valence-corrected chi connectivity index (χ0v) is 28.5. The maximum atomic E-state index is 14.0. The van der Waals surface area contributed by atoms with Crippen LogP contribution in [-0.4, -0.2) is 81.0 Å². The molecule has 0 saturated carbocycles. The molecule has 1 fully saturated rings. The number of halogens is 4. The van der Waals surface area contributed by atoms with Crippen molar-refractivity contribution in [2.45, 2.75) is 76.8 Å². The van der Waals surface area contributed by atoms with E-state index in [0.717, 1.165) is 29.7 Å². The molecule has 1 heterocycles. The predicted octanol–water partition coefficient (Wildman–Crippen LogP) is 3.22. The molecule has 3 rings (SSSR count). The second kappa shape index (κ2) is 20.6. The first-order valence-electron chi connectivity index (χ1n) is 15.1. The Kier molecular flexibility index (Phi) is 18.6. The molecule has 2 amide bonds. The van der Waals surface area contributed by atoms with Gasteiger partial charge < -0.3 is 31.1 Å². The summed E-state index contributed by atoms with van der Waals surface area (Å²) in [6, 6.07) is 8.20. The highest BCUT2D eigenvalue weighted by molar-refractivity contribution is 7.91. The van der Waals surface area contributed by atoms with E-state index in [9.17, 15) is 31.9 Å². The van der Waals surface area contributed by atoms with Crippen LogP contribution in [0.5, 0.6) is 0 Å². The van der Waals surface area contributed by atoms with Crippen LogP contribution in [0.4, 0.5) is 13.6 Å². The van der Waals surface area contributed by atoms with Crippen molar-refractivity contribution in [1.82, 2.24) is 21.3 Å². The number of aryl methyl sites for hydroxylation is 1. The molecule has 2 aromatic carbocycles. The largest absolute Gasteiger partial charge is 0.445 e. The summed E-state index contributed by atoms with van der Waals surface area (Å²) in [5.41, 5.74) is 2.32. The average Bonchev–Trinajstić information content (AvgIpc) is 3.47. The maximum Gasteiger partial charge on any atom is 0.408 e. The Balaban J connectivity index is 0.00000529. The number of ether oxygens (including phenoxy) is 1. The smallest absolute Gasteiger partial charge is 0.408 e. The molecule has 1 aliphatic rings. The van der Waals surface area contributed by atoms with E-state index in [1.807, 2.05) is 38.1 Å². The zero-order chi connectivity index (χ0) is 32.1. The number of nitrogens with one attached hydrogen (secondary N) is 4. The van der Waals surface area contributed by atoms with Crippen LogP contribution in [0.1, 0.15) is 49.8 Å². The molecule has 0 aromatic heterocycles. The standard InChI is InChI=1S/C31H44F2N4O6S.2ClH/c1-3-5-11-44(41,42)20-28(37-31(40)43-26-9-10-34-18-26)30(39)36-27(15-23-13-24(32)16-25(33)14-23)29(38)19-35-17-22-8-6-7-21(4-2)12-22;;/h6-8,12-14,16,26-29,34-35,38H,3-5,9-11,15,17-20H2,1-2H3,(H,36,39)(H,37,40);2*1H/t26-,27+,28-,29-;;/m1../s1. The SMILES string of the molecule is CCCCS(=O)(=O)C[C@@H](NC(=O)O[C@@H]1CCNC1)C(=O)N[C@@H](Cc1cc(F)cc(F)c1)[C@H](O)CNCc1cccc(CC)c1.Cl.Cl. The first kappa shape index (κ1) is 41.5. The fraction of sp³-hybridized carbons (Fsp3) is 0.548. The van der Waals surface area contributed by atoms with Gasteiger partial charge in [0, 0.05) is 25.7 Å². The van der Waals surface area contributed by atoms with Gasteiger partial charge >= 0.3 is 6.09 Å². The van der Waals surface area contributed by atoms with Crippen LogP contribution in [0.15, 0.2) is 42.5 Å². The van der Waals surface area contributed by atoms with Gasteiger partial charge in [-0.05, 0) is 61.1 Å². The van der Waals surface area contributed by atoms with Gasteiger partial charge in [-0.15, -0.1) is 24.8 Å². The highest BCUT2D eigenvalue weighted by Gasteiger charge is 2.32. The fourth-order valence-electron chi connectivity index (χ4n) is 4.96. The Morgan fingerprint density at radius 1 is 1.04 bits per heavy atom. The lowest BCUT2D eigenvalue weighted by Gasteiger charge is -2.27. The van der Waals surface area contributed by atoms with Gasteiger partial charge in [0.15, 0.2) is 9.84 Å². The van der Waals surface area contributed by atoms with Crippen molar-refractivity contribution in [2.75, 3.05) is 31.1 Å². The van der Waals surface area contributed by atoms with Crippen molar-refractivity contribution >= 4 is 46.7 Å². The van der Waals surface area contributed by atoms with Crippen molar-refractivity contribution in [3.05, 3.63) is 70.8 Å². The summed E-state index contributed by atoms with van der Waals surface area (Å²) >= 11 is 0. The molecule has 260 valence electrons. The van der Waals surface area contributed by atoms with Crippen LogP contribution in [0.25, 0.3) is 0 Å². The second-order valence-corrected chi connectivity index (χ2v) is 13.4. The highest BCUT2D eigenvalue weighted by atomic mass is 35.5. The molecule has 15 heteroatoms. The number of aliphatic hydroxyl groups is 1. The molecule has 0 spiro atoms. The average molecular weight is 712 g/mol. The number of rotatable bonds is 17. The lowest BCUT2D eigenvalue weighted by molar-refractivity contribution is -0.124. The topological polar surface area (TPSA) is 146 Å². The number of amides is 2. The number of hydrogen-bond donors (Lipinski definition) is 5. The molecule has 10 nitrogen and oxygen atoms in total. The van der Waals surface area contributed by atoms with Crippen LogP contribution >= 0.6 is 24.8 Å². The number of carbonyl (C=O) groups excluding carboxylic acids is 2. The molecule has 0 unspecified atom stereocenters. The Morgan fingerprint density at radius 3 is 2.37 bits per heavy atom. The molecule has 46 heavy (non-hydrogen) atoms. The molecule has 5 N–H and O–H groups in total. The summed E-state index contributed by atoms with van der Waals surface area (Å²) in [5, 5.41) is 22.3. The van der Waals surface area contributed by atoms with Gasteiger partial charge in [-0.3, -0.25) is 4.79 Å². The van der Waals surface area contributed by atoms with Crippen LogP contribution in [0, 0.1) is 11.6 Å². The Hall–Kier alpha value is -2.55. The van der Waals surface area contributed by atoms with Gasteiger partial charge in [-0.25, -0.2) is 22.0 Å². The van der Waals surface area contributed by atoms with Gasteiger partial charge in [-0.1, -0.05) is 44.5 Å². The first-order valence-corrected chi connectivity index (χ1v) is 16.9. The van der Waals surface area contributed by atoms with E-state index in [-0.39, 0.29) is 49.1 Å². The van der Waals surface area contributed by atoms with Crippen LogP contribution in [0.2, 0.25) is 0 Å². The maximum absolute atomic E-state index is 14.0. The van der Waals surface area contributed by atoms with E-state index in [4.69, 9.17) is 4.74 Å². The summed E-state index contributed by atoms with van der Waals surface area (Å²) in [4.78, 5) is 26.2. The van der Waals surface area contributed by atoms with E-state index in [1.165, 1.54) is 0 Å². The summed E-state index contributed by atoms with van der Waals surface area (Å²) in [7, 11) is -3.76. The van der Waals surface area contributed by atoms with Gasteiger partial charge in [0.25, 0.3) is 0 Å². The lowest BCUT2D eigenvalue weighted by atomic mass is 10.00. The molecule has 2 aromatic rings. The third-order valence-corrected chi connectivity index (χ3v) is 9.13. The van der Waals surface area contributed by atoms with E-state index < -0.39 is 63.5 Å². The fourth-order valence-corrected chi connectivity index (χ4v) is 6.59. The Morgan fingerprint density at radius 2 is 1.74 bits per heavy atom. The van der Waals surface area contributed by atoms with E-state index in [2.05, 4.69) is 21.3 Å². The Labute approximate surface area is 282 Å². The van der Waals surface area contributed by atoms with Gasteiger partial charge in [-0.2, -0.15) is 0 Å². The zero-order valence-electron chi connectivity index (χ0n) is 26.1. The Bertz CT molecular complexity index is 1330. The van der Waals surface area contributed by atoms with E-state index in [0.29, 0.717) is 45.0 Å². The number of unbranched alkanes of at least 4 members (excludes halogenated alkanes) is 1. The lowest BCUT2D eigenvalue weighted by Crippen LogP contribution is -2.57. The van der Waals surface area contributed by atoms with Crippen LogP contribution < -0.4 is 21.3 Å². The molecular formula is C31H46Cl2F2N4O6S. The number of alkyl carbamates (subject to hydrolysis) is 1. The number of hydrogen-bond acceptors (Lipinski definition) is 8. The monoisotopic (exact) mass is 710 g/mol. The number of sulfone groups is 1. The van der Waals surface area contributed by atoms with Crippen molar-refractivity contribution in [1.29, 1.82) is 0 Å². The van der Waals surface area contributed by atoms with Crippen molar-refractivity contribution in [3.63, 3.8) is 0 Å². The molecule has 1 aliphatic heterocycles. The highest BCUT2D eigenvalue weighted by Crippen LogP contribution is 2.13. The van der Waals surface area contributed by atoms with Crippen LogP contribution in [-0.2, 0) is 38.8 Å². The summed E-state index contributed by atoms with van der Waals surface area (Å²) in [6.07, 6.45) is -0.323. The molecular weight excluding hydrogens is 665 g/mol. The predicted molar refractivity (Wildman–Crippen MR) is 178 cm³/mol. The number of benzene rings is 2. The molecule has 4 atom stereocenters. The minimum absolute atomic E-state index is 0. The quantitative estimate of drug-likeness (QED) is 0.168. The van der Waals surface area contributed by atoms with E-state index >= 15 is 0 Å². The second-order valence-electron chi connectivity index (χ2n) is 11.2. The molecule has 1 saturated heterocycles. The third kappa shape index (κ3) is 14.5. The molecule has 0 radical (unpaired) electrons. The molecule has 0 bridgehead atoms. The van der Waals surface area contributed by atoms with E-state index in [1.54, 1.807) is 0 Å². The van der Waals surface area contributed by atoms with Crippen molar-refractivity contribution in [3.8, 4) is 0 Å². The van der Waals surface area contributed by atoms with Gasteiger partial charge in [0.1, 0.15) is 23.8 Å².